The molecule has 0 radical (unpaired) electrons. The molecule has 0 spiro atoms. The average molecular weight is 238 g/mol. The van der Waals surface area contributed by atoms with E-state index in [0.29, 0.717) is 6.04 Å². The zero-order chi connectivity index (χ0) is 12.7. The van der Waals surface area contributed by atoms with Crippen LogP contribution in [0.4, 0.5) is 0 Å². The van der Waals surface area contributed by atoms with Gasteiger partial charge >= 0.3 is 0 Å². The molecule has 1 atom stereocenters. The molecule has 0 saturated heterocycles. The lowest BCUT2D eigenvalue weighted by atomic mass is 9.91. The van der Waals surface area contributed by atoms with Crippen molar-refractivity contribution in [3.05, 3.63) is 11.9 Å². The summed E-state index contributed by atoms with van der Waals surface area (Å²) in [6.45, 7) is 7.83. The standard InChI is InChI=1S/C13H26N4/c1-5-8-14-13(11(6-2)7-3)9-12-10-17(4)16-15-12/h10-11,13-14H,5-9H2,1-4H3. The molecule has 1 aromatic rings. The molecule has 4 heteroatoms. The van der Waals surface area contributed by atoms with Crippen LogP contribution in [-0.4, -0.2) is 27.6 Å². The van der Waals surface area contributed by atoms with Crippen LogP contribution in [0.15, 0.2) is 6.20 Å². The van der Waals surface area contributed by atoms with Crippen LogP contribution < -0.4 is 5.32 Å². The largest absolute Gasteiger partial charge is 0.313 e. The normalized spacial score (nSPS) is 13.2. The number of rotatable bonds is 8. The Hall–Kier alpha value is -0.900. The van der Waals surface area contributed by atoms with E-state index in [1.807, 2.05) is 13.2 Å². The molecule has 1 aromatic heterocycles. The minimum atomic E-state index is 0.529. The number of hydrogen-bond acceptors (Lipinski definition) is 3. The van der Waals surface area contributed by atoms with E-state index in [1.165, 1.54) is 19.3 Å². The maximum Gasteiger partial charge on any atom is 0.0842 e. The number of nitrogens with one attached hydrogen (secondary N) is 1. The molecule has 17 heavy (non-hydrogen) atoms. The second-order valence-corrected chi connectivity index (χ2v) is 4.72. The van der Waals surface area contributed by atoms with Crippen LogP contribution in [0.1, 0.15) is 45.7 Å². The lowest BCUT2D eigenvalue weighted by molar-refractivity contribution is 0.330. The second kappa shape index (κ2) is 7.43. The summed E-state index contributed by atoms with van der Waals surface area (Å²) in [4.78, 5) is 0. The summed E-state index contributed by atoms with van der Waals surface area (Å²) in [6.07, 6.45) is 6.62. The highest BCUT2D eigenvalue weighted by atomic mass is 15.4. The van der Waals surface area contributed by atoms with E-state index in [4.69, 9.17) is 0 Å². The molecule has 0 aliphatic heterocycles. The van der Waals surface area contributed by atoms with Crippen LogP contribution in [0.3, 0.4) is 0 Å². The Balaban J connectivity index is 2.61. The van der Waals surface area contributed by atoms with Crippen LogP contribution in [0, 0.1) is 5.92 Å². The third-order valence-corrected chi connectivity index (χ3v) is 3.35. The maximum absolute atomic E-state index is 4.19. The summed E-state index contributed by atoms with van der Waals surface area (Å²) in [5.41, 5.74) is 1.09. The molecule has 1 rings (SSSR count). The Bertz CT molecular complexity index is 304. The van der Waals surface area contributed by atoms with E-state index in [2.05, 4.69) is 36.4 Å². The smallest absolute Gasteiger partial charge is 0.0842 e. The number of hydrogen-bond donors (Lipinski definition) is 1. The van der Waals surface area contributed by atoms with E-state index in [-0.39, 0.29) is 0 Å². The van der Waals surface area contributed by atoms with Gasteiger partial charge in [0.2, 0.25) is 0 Å². The molecule has 0 aliphatic rings. The van der Waals surface area contributed by atoms with Gasteiger partial charge in [0, 0.05) is 25.7 Å². The fourth-order valence-electron chi connectivity index (χ4n) is 2.31. The first-order valence-corrected chi connectivity index (χ1v) is 6.79. The highest BCUT2D eigenvalue weighted by molar-refractivity contribution is 4.97. The molecule has 1 heterocycles. The molecule has 98 valence electrons. The molecular formula is C13H26N4. The molecule has 1 unspecified atom stereocenters. The molecular weight excluding hydrogens is 212 g/mol. The first kappa shape index (κ1) is 14.2. The monoisotopic (exact) mass is 238 g/mol. The average Bonchev–Trinajstić information content (AvgIpc) is 2.73. The van der Waals surface area contributed by atoms with Crippen molar-refractivity contribution in [2.45, 2.75) is 52.5 Å². The van der Waals surface area contributed by atoms with E-state index in [9.17, 15) is 0 Å². The van der Waals surface area contributed by atoms with Gasteiger partial charge in [-0.25, -0.2) is 0 Å². The number of nitrogens with zero attached hydrogens (tertiary/aromatic N) is 3. The van der Waals surface area contributed by atoms with Crippen molar-refractivity contribution in [2.24, 2.45) is 13.0 Å². The number of aryl methyl sites for hydroxylation is 1. The lowest BCUT2D eigenvalue weighted by Gasteiger charge is -2.25. The van der Waals surface area contributed by atoms with E-state index >= 15 is 0 Å². The Morgan fingerprint density at radius 3 is 2.47 bits per heavy atom. The molecule has 0 bridgehead atoms. The van der Waals surface area contributed by atoms with Gasteiger partial charge in [-0.15, -0.1) is 5.10 Å². The maximum atomic E-state index is 4.19. The predicted molar refractivity (Wildman–Crippen MR) is 70.9 cm³/mol. The zero-order valence-corrected chi connectivity index (χ0v) is 11.6. The highest BCUT2D eigenvalue weighted by Crippen LogP contribution is 2.16. The fraction of sp³-hybridized carbons (Fsp3) is 0.846. The van der Waals surface area contributed by atoms with Gasteiger partial charge in [-0.3, -0.25) is 4.68 Å². The Morgan fingerprint density at radius 2 is 2.00 bits per heavy atom. The SMILES string of the molecule is CCCNC(Cc1cn(C)nn1)C(CC)CC. The van der Waals surface area contributed by atoms with Crippen molar-refractivity contribution < 1.29 is 0 Å². The summed E-state index contributed by atoms with van der Waals surface area (Å²) >= 11 is 0. The van der Waals surface area contributed by atoms with Crippen molar-refractivity contribution >= 4 is 0 Å². The van der Waals surface area contributed by atoms with Crippen molar-refractivity contribution in [3.8, 4) is 0 Å². The summed E-state index contributed by atoms with van der Waals surface area (Å²) < 4.78 is 1.78. The molecule has 0 aromatic carbocycles. The van der Waals surface area contributed by atoms with Gasteiger partial charge in [0.05, 0.1) is 5.69 Å². The lowest BCUT2D eigenvalue weighted by Crippen LogP contribution is -2.38. The summed E-state index contributed by atoms with van der Waals surface area (Å²) in [5, 5.41) is 11.8. The van der Waals surface area contributed by atoms with Gasteiger partial charge in [0.1, 0.15) is 0 Å². The van der Waals surface area contributed by atoms with Gasteiger partial charge in [0.15, 0.2) is 0 Å². The van der Waals surface area contributed by atoms with Crippen molar-refractivity contribution in [1.82, 2.24) is 20.3 Å². The summed E-state index contributed by atoms with van der Waals surface area (Å²) in [6, 6.07) is 0.529. The first-order chi connectivity index (χ1) is 8.21. The van der Waals surface area contributed by atoms with Gasteiger partial charge in [0.25, 0.3) is 0 Å². The number of aromatic nitrogens is 3. The Kier molecular flexibility index (Phi) is 6.19. The summed E-state index contributed by atoms with van der Waals surface area (Å²) in [7, 11) is 1.92. The van der Waals surface area contributed by atoms with Crippen LogP contribution >= 0.6 is 0 Å². The molecule has 4 nitrogen and oxygen atoms in total. The van der Waals surface area contributed by atoms with Gasteiger partial charge in [-0.2, -0.15) is 0 Å². The summed E-state index contributed by atoms with van der Waals surface area (Å²) in [5.74, 6) is 0.726. The van der Waals surface area contributed by atoms with Crippen molar-refractivity contribution in [3.63, 3.8) is 0 Å². The topological polar surface area (TPSA) is 42.7 Å². The molecule has 1 N–H and O–H groups in total. The third kappa shape index (κ3) is 4.46. The third-order valence-electron chi connectivity index (χ3n) is 3.35. The van der Waals surface area contributed by atoms with Crippen molar-refractivity contribution in [2.75, 3.05) is 6.54 Å². The first-order valence-electron chi connectivity index (χ1n) is 6.79. The van der Waals surface area contributed by atoms with Gasteiger partial charge in [-0.1, -0.05) is 38.8 Å². The minimum Gasteiger partial charge on any atom is -0.313 e. The Morgan fingerprint density at radius 1 is 1.29 bits per heavy atom. The van der Waals surface area contributed by atoms with Gasteiger partial charge < -0.3 is 5.32 Å². The molecule has 0 saturated carbocycles. The zero-order valence-electron chi connectivity index (χ0n) is 11.6. The predicted octanol–water partition coefficient (Wildman–Crippen LogP) is 2.16. The fourth-order valence-corrected chi connectivity index (χ4v) is 2.31. The van der Waals surface area contributed by atoms with Crippen LogP contribution in [0.2, 0.25) is 0 Å². The molecule has 0 aliphatic carbocycles. The van der Waals surface area contributed by atoms with E-state index < -0.39 is 0 Å². The van der Waals surface area contributed by atoms with Crippen molar-refractivity contribution in [1.29, 1.82) is 0 Å². The molecule has 0 amide bonds. The van der Waals surface area contributed by atoms with E-state index in [0.717, 1.165) is 24.6 Å². The van der Waals surface area contributed by atoms with E-state index in [1.54, 1.807) is 4.68 Å². The molecule has 0 fully saturated rings. The quantitative estimate of drug-likeness (QED) is 0.754. The van der Waals surface area contributed by atoms with Gasteiger partial charge in [-0.05, 0) is 18.9 Å². The van der Waals surface area contributed by atoms with Crippen LogP contribution in [0.25, 0.3) is 0 Å². The van der Waals surface area contributed by atoms with Crippen LogP contribution in [0.5, 0.6) is 0 Å². The Labute approximate surface area is 105 Å². The highest BCUT2D eigenvalue weighted by Gasteiger charge is 2.19. The second-order valence-electron chi connectivity index (χ2n) is 4.72. The van der Waals surface area contributed by atoms with Crippen LogP contribution in [-0.2, 0) is 13.5 Å². The minimum absolute atomic E-state index is 0.529.